The average Bonchev–Trinajstić information content (AvgIpc) is 2.90. The molecule has 0 saturated heterocycles. The molecular formula is C15H20FNO. The summed E-state index contributed by atoms with van der Waals surface area (Å²) in [4.78, 5) is 3.84. The Morgan fingerprint density at radius 2 is 2.22 bits per heavy atom. The third-order valence-corrected chi connectivity index (χ3v) is 4.87. The van der Waals surface area contributed by atoms with Crippen LogP contribution in [0.2, 0.25) is 0 Å². The van der Waals surface area contributed by atoms with Gasteiger partial charge in [-0.25, -0.2) is 4.39 Å². The zero-order chi connectivity index (χ0) is 12.8. The molecule has 0 amide bonds. The third-order valence-electron chi connectivity index (χ3n) is 4.87. The molecule has 98 valence electrons. The van der Waals surface area contributed by atoms with Gasteiger partial charge in [0.05, 0.1) is 11.8 Å². The normalized spacial score (nSPS) is 33.6. The van der Waals surface area contributed by atoms with E-state index in [1.807, 2.05) is 0 Å². The van der Waals surface area contributed by atoms with Gasteiger partial charge >= 0.3 is 0 Å². The molecule has 0 spiro atoms. The second-order valence-corrected chi connectivity index (χ2v) is 6.30. The Bertz CT molecular complexity index is 446. The van der Waals surface area contributed by atoms with Gasteiger partial charge in [-0.15, -0.1) is 0 Å². The van der Waals surface area contributed by atoms with Gasteiger partial charge in [-0.05, 0) is 56.4 Å². The summed E-state index contributed by atoms with van der Waals surface area (Å²) in [6, 6.07) is 1.40. The molecule has 18 heavy (non-hydrogen) atoms. The Morgan fingerprint density at radius 1 is 1.39 bits per heavy atom. The van der Waals surface area contributed by atoms with Crippen molar-refractivity contribution in [3.05, 3.63) is 29.8 Å². The average molecular weight is 249 g/mol. The molecule has 3 heteroatoms. The first kappa shape index (κ1) is 12.1. The molecule has 1 heterocycles. The number of hydrogen-bond acceptors (Lipinski definition) is 2. The number of rotatable bonds is 3. The van der Waals surface area contributed by atoms with Crippen molar-refractivity contribution in [1.82, 2.24) is 4.98 Å². The maximum Gasteiger partial charge on any atom is 0.141 e. The predicted octanol–water partition coefficient (Wildman–Crippen LogP) is 3.25. The van der Waals surface area contributed by atoms with Crippen molar-refractivity contribution in [1.29, 1.82) is 0 Å². The summed E-state index contributed by atoms with van der Waals surface area (Å²) in [5.74, 6) is 1.88. The molecule has 2 bridgehead atoms. The summed E-state index contributed by atoms with van der Waals surface area (Å²) in [6.45, 7) is 1.79. The van der Waals surface area contributed by atoms with Crippen molar-refractivity contribution in [3.8, 4) is 0 Å². The number of nitrogens with zero attached hydrogens (tertiary/aromatic N) is 1. The Kier molecular flexibility index (Phi) is 2.89. The molecule has 1 N–H and O–H groups in total. The van der Waals surface area contributed by atoms with Crippen LogP contribution in [0.4, 0.5) is 4.39 Å². The van der Waals surface area contributed by atoms with Crippen LogP contribution in [0.15, 0.2) is 18.5 Å². The number of aliphatic hydroxyl groups is 1. The molecule has 2 aliphatic rings. The lowest BCUT2D eigenvalue weighted by Crippen LogP contribution is -2.27. The van der Waals surface area contributed by atoms with E-state index in [0.29, 0.717) is 11.5 Å². The van der Waals surface area contributed by atoms with Crippen molar-refractivity contribution in [3.63, 3.8) is 0 Å². The summed E-state index contributed by atoms with van der Waals surface area (Å²) < 4.78 is 13.2. The minimum absolute atomic E-state index is 0.374. The van der Waals surface area contributed by atoms with Gasteiger partial charge < -0.3 is 5.11 Å². The summed E-state index contributed by atoms with van der Waals surface area (Å²) in [5, 5.41) is 10.6. The zero-order valence-electron chi connectivity index (χ0n) is 10.8. The predicted molar refractivity (Wildman–Crippen MR) is 67.3 cm³/mol. The van der Waals surface area contributed by atoms with E-state index in [9.17, 15) is 9.50 Å². The van der Waals surface area contributed by atoms with Crippen LogP contribution in [-0.2, 0) is 5.60 Å². The van der Waals surface area contributed by atoms with Crippen LogP contribution in [-0.4, -0.2) is 10.1 Å². The van der Waals surface area contributed by atoms with E-state index in [-0.39, 0.29) is 5.82 Å². The second-order valence-electron chi connectivity index (χ2n) is 6.30. The van der Waals surface area contributed by atoms with Crippen molar-refractivity contribution >= 4 is 0 Å². The van der Waals surface area contributed by atoms with Gasteiger partial charge in [0.2, 0.25) is 0 Å². The number of pyridine rings is 1. The van der Waals surface area contributed by atoms with Gasteiger partial charge in [-0.1, -0.05) is 6.42 Å². The molecule has 2 saturated carbocycles. The fourth-order valence-electron chi connectivity index (χ4n) is 3.96. The van der Waals surface area contributed by atoms with E-state index in [1.54, 1.807) is 13.1 Å². The smallest absolute Gasteiger partial charge is 0.141 e. The van der Waals surface area contributed by atoms with Crippen molar-refractivity contribution in [2.45, 2.75) is 44.6 Å². The Balaban J connectivity index is 1.74. The molecule has 3 rings (SSSR count). The highest BCUT2D eigenvalue weighted by molar-refractivity contribution is 5.18. The third kappa shape index (κ3) is 2.16. The summed E-state index contributed by atoms with van der Waals surface area (Å²) >= 11 is 0. The quantitative estimate of drug-likeness (QED) is 0.892. The van der Waals surface area contributed by atoms with Crippen molar-refractivity contribution < 1.29 is 9.50 Å². The van der Waals surface area contributed by atoms with Crippen LogP contribution >= 0.6 is 0 Å². The fourth-order valence-corrected chi connectivity index (χ4v) is 3.96. The summed E-state index contributed by atoms with van der Waals surface area (Å²) in [5.41, 5.74) is -0.352. The molecule has 2 fully saturated rings. The number of aromatic nitrogens is 1. The molecule has 4 atom stereocenters. The van der Waals surface area contributed by atoms with Gasteiger partial charge in [0.25, 0.3) is 0 Å². The molecule has 1 aromatic rings. The minimum Gasteiger partial charge on any atom is -0.385 e. The summed E-state index contributed by atoms with van der Waals surface area (Å²) in [6.07, 6.45) is 8.75. The molecule has 2 nitrogen and oxygen atoms in total. The Morgan fingerprint density at radius 3 is 2.83 bits per heavy atom. The molecule has 1 aromatic heterocycles. The molecule has 2 aliphatic carbocycles. The molecule has 4 unspecified atom stereocenters. The largest absolute Gasteiger partial charge is 0.385 e. The van der Waals surface area contributed by atoms with Crippen LogP contribution in [0.1, 0.15) is 44.6 Å². The van der Waals surface area contributed by atoms with E-state index >= 15 is 0 Å². The van der Waals surface area contributed by atoms with E-state index in [0.717, 1.165) is 18.3 Å². The monoisotopic (exact) mass is 249 g/mol. The number of halogens is 1. The van der Waals surface area contributed by atoms with Gasteiger partial charge in [0.15, 0.2) is 0 Å². The van der Waals surface area contributed by atoms with Gasteiger partial charge in [0, 0.05) is 11.8 Å². The molecule has 0 radical (unpaired) electrons. The van der Waals surface area contributed by atoms with E-state index in [1.165, 1.54) is 37.9 Å². The van der Waals surface area contributed by atoms with Crippen LogP contribution in [0, 0.1) is 23.6 Å². The van der Waals surface area contributed by atoms with E-state index < -0.39 is 5.60 Å². The van der Waals surface area contributed by atoms with Gasteiger partial charge in [-0.3, -0.25) is 4.98 Å². The minimum atomic E-state index is -0.954. The van der Waals surface area contributed by atoms with Crippen LogP contribution in [0.25, 0.3) is 0 Å². The van der Waals surface area contributed by atoms with E-state index in [4.69, 9.17) is 0 Å². The van der Waals surface area contributed by atoms with E-state index in [2.05, 4.69) is 4.98 Å². The topological polar surface area (TPSA) is 33.1 Å². The van der Waals surface area contributed by atoms with Crippen LogP contribution in [0.3, 0.4) is 0 Å². The first-order valence-electron chi connectivity index (χ1n) is 6.88. The highest BCUT2D eigenvalue weighted by atomic mass is 19.1. The zero-order valence-corrected chi connectivity index (χ0v) is 10.8. The first-order chi connectivity index (χ1) is 8.54. The molecular weight excluding hydrogens is 229 g/mol. The standard InChI is InChI=1S/C15H20FNO/c1-15(18,13-6-14(16)9-17-8-13)7-12-5-10-2-3-11(12)4-10/h6,8-12,18H,2-5,7H2,1H3. The van der Waals surface area contributed by atoms with Crippen LogP contribution < -0.4 is 0 Å². The highest BCUT2D eigenvalue weighted by Crippen LogP contribution is 2.51. The SMILES string of the molecule is CC(O)(CC1CC2CCC1C2)c1cncc(F)c1. The fraction of sp³-hybridized carbons (Fsp3) is 0.667. The maximum atomic E-state index is 13.2. The summed E-state index contributed by atoms with van der Waals surface area (Å²) in [7, 11) is 0. The maximum absolute atomic E-state index is 13.2. The first-order valence-corrected chi connectivity index (χ1v) is 6.88. The lowest BCUT2D eigenvalue weighted by atomic mass is 9.79. The second kappa shape index (κ2) is 4.30. The lowest BCUT2D eigenvalue weighted by molar-refractivity contribution is 0.0199. The molecule has 0 aromatic carbocycles. The Hall–Kier alpha value is -0.960. The van der Waals surface area contributed by atoms with Crippen LogP contribution in [0.5, 0.6) is 0 Å². The van der Waals surface area contributed by atoms with Gasteiger partial charge in [-0.2, -0.15) is 0 Å². The Labute approximate surface area is 107 Å². The van der Waals surface area contributed by atoms with Crippen molar-refractivity contribution in [2.24, 2.45) is 17.8 Å². The lowest BCUT2D eigenvalue weighted by Gasteiger charge is -2.31. The van der Waals surface area contributed by atoms with Gasteiger partial charge in [0.1, 0.15) is 5.82 Å². The highest BCUT2D eigenvalue weighted by Gasteiger charge is 2.42. The number of hydrogen-bond donors (Lipinski definition) is 1. The number of fused-ring (bicyclic) bond motifs is 2. The van der Waals surface area contributed by atoms with Crippen molar-refractivity contribution in [2.75, 3.05) is 0 Å². The molecule has 0 aliphatic heterocycles.